The summed E-state index contributed by atoms with van der Waals surface area (Å²) in [5.74, 6) is -95.1. The predicted octanol–water partition coefficient (Wildman–Crippen LogP) is 7.99. The van der Waals surface area contributed by atoms with E-state index < -0.39 is 92.6 Å². The fourth-order valence-corrected chi connectivity index (χ4v) is 8.05. The van der Waals surface area contributed by atoms with E-state index in [1.165, 1.54) is 0 Å². The Labute approximate surface area is 368 Å². The molecule has 6 rings (SSSR count). The third-order valence-corrected chi connectivity index (χ3v) is 12.0. The van der Waals surface area contributed by atoms with Crippen LogP contribution in [0.25, 0.3) is 43.9 Å². The lowest BCUT2D eigenvalue weighted by molar-refractivity contribution is -0.597. The lowest BCUT2D eigenvalue weighted by atomic mass is 9.85. The molecule has 6 nitrogen and oxygen atoms in total. The number of halogens is 24. The van der Waals surface area contributed by atoms with E-state index in [1.807, 2.05) is 60.7 Å². The number of hydrogen-bond acceptors (Lipinski definition) is 6. The summed E-state index contributed by atoms with van der Waals surface area (Å²) in [6.07, 6.45) is -8.14. The second kappa shape index (κ2) is 16.5. The summed E-state index contributed by atoms with van der Waals surface area (Å²) in [5, 5.41) is 12.1. The molecule has 4 aromatic carbocycles. The van der Waals surface area contributed by atoms with Crippen LogP contribution in [0.5, 0.6) is 0 Å². The first-order valence-corrected chi connectivity index (χ1v) is 19.4. The molecule has 0 amide bonds. The molecule has 370 valence electrons. The second-order valence-electron chi connectivity index (χ2n) is 13.8. The van der Waals surface area contributed by atoms with Crippen molar-refractivity contribution in [3.05, 3.63) is 113 Å². The topological polar surface area (TPSA) is 101 Å². The summed E-state index contributed by atoms with van der Waals surface area (Å²) in [4.78, 5) is 35.6. The lowest BCUT2D eigenvalue weighted by Gasteiger charge is -2.45. The Morgan fingerprint density at radius 1 is 0.382 bits per heavy atom. The van der Waals surface area contributed by atoms with Gasteiger partial charge in [0.15, 0.2) is 7.14 Å². The molecule has 2 aromatic heterocycles. The quantitative estimate of drug-likeness (QED) is 0.0701. The number of para-hydroxylation sites is 2. The molecule has 0 aliphatic heterocycles. The molecule has 0 atom stereocenters. The van der Waals surface area contributed by atoms with Gasteiger partial charge in [-0.25, -0.2) is 0 Å². The van der Waals surface area contributed by atoms with Crippen LogP contribution in [-0.4, -0.2) is 71.4 Å². The molecule has 0 spiro atoms. The molecule has 0 saturated heterocycles. The van der Waals surface area contributed by atoms with Gasteiger partial charge in [0.05, 0.1) is 21.5 Å². The molecule has 0 fully saturated rings. The number of fused-ring (bicyclic) bond motifs is 4. The highest BCUT2D eigenvalue weighted by Gasteiger charge is 2.98. The highest BCUT2D eigenvalue weighted by Crippen LogP contribution is 2.67. The van der Waals surface area contributed by atoms with Gasteiger partial charge in [0.25, 0.3) is 0 Å². The molecule has 0 N–H and O–H groups in total. The Balaban J connectivity index is 0.000000256. The van der Waals surface area contributed by atoms with Crippen LogP contribution in [0.3, 0.4) is 0 Å². The van der Waals surface area contributed by atoms with Gasteiger partial charge in [-0.2, -0.15) is 101 Å². The Hall–Kier alpha value is -5.59. The molecule has 0 unspecified atom stereocenters. The summed E-state index contributed by atoms with van der Waals surface area (Å²) < 4.78 is 311. The van der Waals surface area contributed by atoms with Crippen molar-refractivity contribution in [1.82, 2.24) is 0 Å². The summed E-state index contributed by atoms with van der Waals surface area (Å²) in [6, 6.07) is 26.2. The zero-order valence-electron chi connectivity index (χ0n) is 31.6. The fourth-order valence-electron chi connectivity index (χ4n) is 5.68. The van der Waals surface area contributed by atoms with Crippen LogP contribution in [0.15, 0.2) is 103 Å². The van der Waals surface area contributed by atoms with E-state index in [2.05, 4.69) is 0 Å². The SMILES string of the molecule is O=C([O-])C(F)(F)C(F)(F)C(F)(F)C(F)(F)C(F)(F)C(F)(F)C(F)(F)C(F)(F)C(F)(F)C(F)(F)C(F)(F)F.O=c1c2ccccc2oc2ccc([I+]c3ccc4oc5ccccc5c(=O)c4c3)cc12. The van der Waals surface area contributed by atoms with Gasteiger partial charge < -0.3 is 18.7 Å². The third-order valence-electron chi connectivity index (χ3n) is 9.46. The van der Waals surface area contributed by atoms with Crippen molar-refractivity contribution in [2.24, 2.45) is 0 Å². The highest BCUT2D eigenvalue weighted by atomic mass is 127. The smallest absolute Gasteiger partial charge is 0.460 e. The minimum atomic E-state index is -9.52. The van der Waals surface area contributed by atoms with Crippen molar-refractivity contribution in [3.63, 3.8) is 0 Å². The maximum absolute atomic E-state index is 13.3. The molecule has 2 heterocycles. The summed E-state index contributed by atoms with van der Waals surface area (Å²) in [6.45, 7) is 0. The Morgan fingerprint density at radius 2 is 0.662 bits per heavy atom. The van der Waals surface area contributed by atoms with Crippen molar-refractivity contribution in [1.29, 1.82) is 0 Å². The minimum Gasteiger partial charge on any atom is -0.544 e. The Kier molecular flexibility index (Phi) is 13.0. The molecular weight excluding hydrogens is 1120 g/mol. The zero-order chi connectivity index (χ0) is 52.0. The number of carbonyl (C=O) groups excluding carboxylic acids is 1. The van der Waals surface area contributed by atoms with Crippen LogP contribution < -0.4 is 37.2 Å². The second-order valence-corrected chi connectivity index (χ2v) is 16.8. The monoisotopic (exact) mass is 1130 g/mol. The summed E-state index contributed by atoms with van der Waals surface area (Å²) >= 11 is -0.596. The molecule has 0 radical (unpaired) electrons. The zero-order valence-corrected chi connectivity index (χ0v) is 33.8. The van der Waals surface area contributed by atoms with E-state index >= 15 is 0 Å². The molecule has 0 aliphatic carbocycles. The van der Waals surface area contributed by atoms with Gasteiger partial charge in [-0.05, 0) is 48.5 Å². The van der Waals surface area contributed by atoms with E-state index in [0.29, 0.717) is 43.9 Å². The van der Waals surface area contributed by atoms with Gasteiger partial charge in [0.1, 0.15) is 28.3 Å². The van der Waals surface area contributed by atoms with Crippen molar-refractivity contribution < 1.29 is 141 Å². The number of carboxylic acids is 1. The van der Waals surface area contributed by atoms with Gasteiger partial charge in [-0.3, -0.25) is 9.59 Å². The molecule has 6 aromatic rings. The number of hydrogen-bond donors (Lipinski definition) is 0. The maximum atomic E-state index is 13.3. The van der Waals surface area contributed by atoms with Crippen LogP contribution in [-0.2, 0) is 4.79 Å². The van der Waals surface area contributed by atoms with Gasteiger partial charge in [-0.15, -0.1) is 0 Å². The standard InChI is InChI=1S/C26H14IO4.C12HF23O2/c28-25-17-5-1-3-7-21(17)30-23-11-9-15(13-19(23)25)27-16-10-12-24-20(14-16)26(29)18-6-2-4-8-22(18)31-24;13-2(14,1(36)37)3(15,16)4(17,18)5(19,20)6(21,22)7(23,24)8(25,26)9(27,28)10(29,30)11(31,32)12(33,34)35/h1-14H;(H,36,37)/q+1;/p-1. The van der Waals surface area contributed by atoms with Crippen LogP contribution in [0.1, 0.15) is 0 Å². The normalized spacial score (nSPS) is 14.4. The van der Waals surface area contributed by atoms with Gasteiger partial charge in [0.2, 0.25) is 10.9 Å². The summed E-state index contributed by atoms with van der Waals surface area (Å²) in [7, 11) is 0. The maximum Gasteiger partial charge on any atom is 0.460 e. The van der Waals surface area contributed by atoms with Crippen LogP contribution in [0, 0.1) is 7.14 Å². The van der Waals surface area contributed by atoms with Crippen LogP contribution >= 0.6 is 0 Å². The van der Waals surface area contributed by atoms with E-state index in [0.717, 1.165) is 7.14 Å². The fraction of sp³-hybridized carbons (Fsp3) is 0.289. The highest BCUT2D eigenvalue weighted by molar-refractivity contribution is 5.90. The van der Waals surface area contributed by atoms with Crippen molar-refractivity contribution in [2.45, 2.75) is 65.4 Å². The largest absolute Gasteiger partial charge is 0.544 e. The predicted molar refractivity (Wildman–Crippen MR) is 178 cm³/mol. The van der Waals surface area contributed by atoms with E-state index in [1.54, 1.807) is 24.3 Å². The van der Waals surface area contributed by atoms with E-state index in [4.69, 9.17) is 8.83 Å². The molecule has 0 saturated carbocycles. The average molecular weight is 1130 g/mol. The molecular formula is C38H14F23IO6. The van der Waals surface area contributed by atoms with Gasteiger partial charge in [0, 0.05) is 12.1 Å². The number of rotatable bonds is 12. The Morgan fingerprint density at radius 3 is 0.971 bits per heavy atom. The molecule has 0 bridgehead atoms. The minimum absolute atomic E-state index is 0.0201. The number of alkyl halides is 23. The van der Waals surface area contributed by atoms with Crippen molar-refractivity contribution >= 4 is 49.8 Å². The Bertz CT molecular complexity index is 2920. The van der Waals surface area contributed by atoms with E-state index in [-0.39, 0.29) is 10.9 Å². The van der Waals surface area contributed by atoms with Crippen molar-refractivity contribution in [3.8, 4) is 0 Å². The van der Waals surface area contributed by atoms with E-state index in [9.17, 15) is 120 Å². The third kappa shape index (κ3) is 7.70. The van der Waals surface area contributed by atoms with Crippen molar-refractivity contribution in [2.75, 3.05) is 0 Å². The average Bonchev–Trinajstić information content (AvgIpc) is 3.23. The lowest BCUT2D eigenvalue weighted by Crippen LogP contribution is -3.61. The molecule has 30 heteroatoms. The van der Waals surface area contributed by atoms with Crippen LogP contribution in [0.4, 0.5) is 101 Å². The first-order valence-electron chi connectivity index (χ1n) is 17.2. The molecule has 0 aliphatic rings. The van der Waals surface area contributed by atoms with Gasteiger partial charge in [-0.1, -0.05) is 24.3 Å². The number of aliphatic carboxylic acids is 1. The first kappa shape index (κ1) is 53.4. The summed E-state index contributed by atoms with van der Waals surface area (Å²) in [5.41, 5.74) is 2.32. The number of carboxylic acid groups (broad SMARTS) is 1. The van der Waals surface area contributed by atoms with Crippen LogP contribution in [0.2, 0.25) is 0 Å². The number of carbonyl (C=O) groups is 1. The van der Waals surface area contributed by atoms with Gasteiger partial charge >= 0.3 is 86.6 Å². The molecule has 68 heavy (non-hydrogen) atoms. The number of benzene rings is 4. The first-order chi connectivity index (χ1) is 30.6.